The van der Waals surface area contributed by atoms with Gasteiger partial charge in [0.1, 0.15) is 17.0 Å². The van der Waals surface area contributed by atoms with E-state index in [0.717, 1.165) is 63.4 Å². The molecule has 1 saturated heterocycles. The van der Waals surface area contributed by atoms with E-state index >= 15 is 0 Å². The maximum Gasteiger partial charge on any atom is 0.321 e. The number of methoxy groups -OCH3 is 1. The smallest absolute Gasteiger partial charge is 0.321 e. The molecule has 7 rings (SSSR count). The molecule has 370 valence electrons. The van der Waals surface area contributed by atoms with Gasteiger partial charge in [-0.15, -0.1) is 0 Å². The van der Waals surface area contributed by atoms with Crippen LogP contribution in [0.5, 0.6) is 5.75 Å². The summed E-state index contributed by atoms with van der Waals surface area (Å²) in [5, 5.41) is 45.5. The van der Waals surface area contributed by atoms with E-state index in [1.54, 1.807) is 58.5 Å². The van der Waals surface area contributed by atoms with Crippen LogP contribution in [0.25, 0.3) is 48.4 Å². The molecule has 1 aliphatic rings. The minimum absolute atomic E-state index is 0.0998. The number of rotatable bonds is 19. The summed E-state index contributed by atoms with van der Waals surface area (Å²) in [5.41, 5.74) is 5.24. The van der Waals surface area contributed by atoms with Crippen LogP contribution < -0.4 is 21.3 Å². The van der Waals surface area contributed by atoms with Gasteiger partial charge in [-0.3, -0.25) is 25.5 Å². The predicted molar refractivity (Wildman–Crippen MR) is 279 cm³/mol. The zero-order valence-corrected chi connectivity index (χ0v) is 42.5. The number of nitrogens with zero attached hydrogens (tertiary/aromatic N) is 8. The Hall–Kier alpha value is -6.26. The summed E-state index contributed by atoms with van der Waals surface area (Å²) in [6, 6.07) is 9.05. The molecule has 70 heavy (non-hydrogen) atoms. The largest absolute Gasteiger partial charge is 0.507 e. The number of phenols is 1. The number of allylic oxidation sites excluding steroid dienone is 3. The van der Waals surface area contributed by atoms with Crippen molar-refractivity contribution in [2.24, 2.45) is 4.99 Å². The number of aromatic hydroxyl groups is 1. The fourth-order valence-corrected chi connectivity index (χ4v) is 10.1. The minimum atomic E-state index is -1.40. The molecule has 6 aromatic rings. The van der Waals surface area contributed by atoms with E-state index in [0.29, 0.717) is 63.2 Å². The molecule has 2 aromatic carbocycles. The summed E-state index contributed by atoms with van der Waals surface area (Å²) in [6.45, 7) is 15.9. The van der Waals surface area contributed by atoms with Crippen LogP contribution in [0.4, 0.5) is 19.9 Å². The maximum atomic E-state index is 13.1. The number of fused-ring (bicyclic) bond motifs is 2. The van der Waals surface area contributed by atoms with Gasteiger partial charge in [0, 0.05) is 87.2 Å². The van der Waals surface area contributed by atoms with Crippen LogP contribution >= 0.6 is 22.7 Å². The van der Waals surface area contributed by atoms with Gasteiger partial charge in [-0.05, 0) is 128 Å². The predicted octanol–water partition coefficient (Wildman–Crippen LogP) is 8.12. The fourth-order valence-electron chi connectivity index (χ4n) is 8.18. The molecular formula is C50H62N12O6S2. The Labute approximate surface area is 415 Å². The molecule has 1 fully saturated rings. The minimum Gasteiger partial charge on any atom is -0.507 e. The third kappa shape index (κ3) is 12.5. The Kier molecular flexibility index (Phi) is 16.4. The highest BCUT2D eigenvalue weighted by molar-refractivity contribution is 7.23. The number of nitrogens with one attached hydrogen (secondary N) is 4. The van der Waals surface area contributed by atoms with Crippen molar-refractivity contribution in [3.8, 4) is 28.1 Å². The van der Waals surface area contributed by atoms with Crippen molar-refractivity contribution < 1.29 is 29.6 Å². The Morgan fingerprint density at radius 3 is 2.30 bits per heavy atom. The Morgan fingerprint density at radius 1 is 0.971 bits per heavy atom. The Bertz CT molecular complexity index is 2920. The summed E-state index contributed by atoms with van der Waals surface area (Å²) < 4.78 is 7.19. The van der Waals surface area contributed by atoms with Crippen molar-refractivity contribution in [1.29, 1.82) is 0 Å². The van der Waals surface area contributed by atoms with Gasteiger partial charge in [-0.25, -0.2) is 29.5 Å². The van der Waals surface area contributed by atoms with Gasteiger partial charge in [0.2, 0.25) is 0 Å². The number of amides is 4. The zero-order chi connectivity index (χ0) is 50.3. The summed E-state index contributed by atoms with van der Waals surface area (Å²) in [4.78, 5) is 57.3. The molecule has 0 aliphatic carbocycles. The first-order valence-corrected chi connectivity index (χ1v) is 24.7. The molecule has 1 aliphatic heterocycles. The van der Waals surface area contributed by atoms with Gasteiger partial charge in [0.15, 0.2) is 16.1 Å². The number of ether oxygens (including phenoxy) is 1. The molecule has 20 heteroatoms. The molecule has 7 N–H and O–H groups in total. The third-order valence-corrected chi connectivity index (χ3v) is 13.9. The van der Waals surface area contributed by atoms with Crippen molar-refractivity contribution in [2.45, 2.75) is 84.3 Å². The molecule has 4 aromatic heterocycles. The van der Waals surface area contributed by atoms with Gasteiger partial charge in [-0.1, -0.05) is 28.7 Å². The number of urea groups is 2. The number of hydrogen-bond acceptors (Lipinski definition) is 16. The first-order valence-electron chi connectivity index (χ1n) is 23.0. The number of pyridine rings is 1. The lowest BCUT2D eigenvalue weighted by Crippen LogP contribution is -2.31. The van der Waals surface area contributed by atoms with E-state index < -0.39 is 17.2 Å². The van der Waals surface area contributed by atoms with Gasteiger partial charge in [-0.2, -0.15) is 0 Å². The summed E-state index contributed by atoms with van der Waals surface area (Å²) in [7, 11) is 5.56. The number of anilines is 2. The highest BCUT2D eigenvalue weighted by Gasteiger charge is 2.27. The Morgan fingerprint density at radius 2 is 1.66 bits per heavy atom. The number of benzene rings is 2. The topological polar surface area (TPSA) is 235 Å². The van der Waals surface area contributed by atoms with E-state index in [2.05, 4.69) is 58.9 Å². The molecule has 0 radical (unpaired) electrons. The first-order chi connectivity index (χ1) is 33.3. The molecule has 2 atom stereocenters. The zero-order valence-electron chi connectivity index (χ0n) is 40.9. The van der Waals surface area contributed by atoms with Crippen molar-refractivity contribution >= 4 is 77.7 Å². The van der Waals surface area contributed by atoms with Crippen molar-refractivity contribution in [3.63, 3.8) is 0 Å². The monoisotopic (exact) mass is 990 g/mol. The lowest BCUT2D eigenvalue weighted by Gasteiger charge is -2.21. The lowest BCUT2D eigenvalue weighted by atomic mass is 9.98. The van der Waals surface area contributed by atoms with Crippen molar-refractivity contribution in [2.75, 3.05) is 58.0 Å². The van der Waals surface area contributed by atoms with E-state index in [9.17, 15) is 24.9 Å². The van der Waals surface area contributed by atoms with Crippen LogP contribution in [0.15, 0.2) is 71.8 Å². The standard InChI is InChI=1S/C50H62N12O6S2/c1-10-52-45(64)59-47-57-38-22-31(21-35(42(38)69-47)37-20-30(14-18-53-37)26-62-19-15-33(27-62)68-9)32-24-55-44(56-25-32)50(5,67)16-11-17-54-46(65)60-48-58-39-23-34(29(2)12-13-40(51-6)49(3,4)66)41(63)36(28-61(7)8)43(39)70-48/h12-14,18,20-25,33,63,66-67H,6,10-11,15-17,19,26-28H2,1-5,7-9H3,(H2,52,57,59,64)(H2,54,58,60,65)/b29-12+,40-13-/t33-,50?/m1/s1. The van der Waals surface area contributed by atoms with Crippen LogP contribution in [0.1, 0.15) is 76.4 Å². The van der Waals surface area contributed by atoms with Gasteiger partial charge in [0.25, 0.3) is 0 Å². The number of hydrogen-bond donors (Lipinski definition) is 7. The molecule has 18 nitrogen and oxygen atoms in total. The normalized spacial score (nSPS) is 15.7. The third-order valence-electron chi connectivity index (χ3n) is 11.9. The molecule has 1 unspecified atom stereocenters. The SMILES string of the molecule is C=N/C(=C\C=C(/C)c1cc2nc(NC(=O)NCCCC(C)(O)c3ncc(-c4cc(-c5cc(CN6CC[C@@H](OC)C6)ccn5)c5sc(NC(=O)NCC)nc5c4)cn3)sc2c(CN(C)C)c1O)C(C)(C)O. The molecule has 5 heterocycles. The van der Waals surface area contributed by atoms with Crippen molar-refractivity contribution in [1.82, 2.24) is 45.4 Å². The number of phenolic OH excluding ortho intramolecular Hbond substituents is 1. The average molecular weight is 991 g/mol. The number of likely N-dealkylation sites (tertiary alicyclic amines) is 1. The highest BCUT2D eigenvalue weighted by Crippen LogP contribution is 2.41. The quantitative estimate of drug-likeness (QED) is 0.0231. The van der Waals surface area contributed by atoms with E-state index in [1.807, 2.05) is 57.2 Å². The lowest BCUT2D eigenvalue weighted by molar-refractivity contribution is 0.0365. The van der Waals surface area contributed by atoms with Crippen LogP contribution in [0, 0.1) is 0 Å². The molecule has 0 spiro atoms. The second-order valence-corrected chi connectivity index (χ2v) is 20.3. The number of aromatic nitrogens is 5. The summed E-state index contributed by atoms with van der Waals surface area (Å²) in [6.07, 6.45) is 10.5. The highest BCUT2D eigenvalue weighted by atomic mass is 32.1. The van der Waals surface area contributed by atoms with E-state index in [4.69, 9.17) is 14.7 Å². The number of carbonyl (C=O) groups is 2. The molecule has 0 bridgehead atoms. The second kappa shape index (κ2) is 22.2. The van der Waals surface area contributed by atoms with Gasteiger partial charge >= 0.3 is 12.1 Å². The van der Waals surface area contributed by atoms with E-state index in [1.165, 1.54) is 22.7 Å². The Balaban J connectivity index is 1.02. The van der Waals surface area contributed by atoms with Crippen molar-refractivity contribution in [3.05, 3.63) is 89.3 Å². The molecular weight excluding hydrogens is 929 g/mol. The summed E-state index contributed by atoms with van der Waals surface area (Å²) in [5.74, 6) is 0.334. The molecule has 4 amide bonds. The first kappa shape index (κ1) is 51.6. The number of aliphatic hydroxyl groups is 2. The fraction of sp³-hybridized carbons (Fsp3) is 0.400. The number of carbonyl (C=O) groups excluding carboxylic acids is 2. The van der Waals surface area contributed by atoms with Crippen LogP contribution in [-0.4, -0.2) is 128 Å². The number of aliphatic imine (C=N–C) groups is 1. The second-order valence-electron chi connectivity index (χ2n) is 18.3. The maximum absolute atomic E-state index is 13.1. The van der Waals surface area contributed by atoms with Crippen LogP contribution in [0.3, 0.4) is 0 Å². The van der Waals surface area contributed by atoms with Gasteiger partial charge in [0.05, 0.1) is 37.9 Å². The van der Waals surface area contributed by atoms with Gasteiger partial charge < -0.3 is 35.6 Å². The number of thiazole rings is 2. The summed E-state index contributed by atoms with van der Waals surface area (Å²) >= 11 is 2.64. The van der Waals surface area contributed by atoms with Crippen LogP contribution in [-0.2, 0) is 23.4 Å². The van der Waals surface area contributed by atoms with E-state index in [-0.39, 0.29) is 36.7 Å². The van der Waals surface area contributed by atoms with Crippen LogP contribution in [0.2, 0.25) is 0 Å². The molecule has 0 saturated carbocycles. The average Bonchev–Trinajstić information content (AvgIpc) is 4.06.